The van der Waals surface area contributed by atoms with E-state index in [1.54, 1.807) is 18.2 Å². The fourth-order valence-corrected chi connectivity index (χ4v) is 3.09. The SMILES string of the molecule is NCc1cc(Cl)c(C(=O)Nc2ccnc(NC(=O)[C@@H]3C[C@@H]3F)c2)c(Cl)c1. The Balaban J connectivity index is 1.74. The molecule has 1 aromatic heterocycles. The van der Waals surface area contributed by atoms with E-state index in [-0.39, 0.29) is 34.4 Å². The van der Waals surface area contributed by atoms with Crippen LogP contribution in [-0.2, 0) is 11.3 Å². The number of hydrogen-bond acceptors (Lipinski definition) is 4. The number of aromatic nitrogens is 1. The third-order valence-corrected chi connectivity index (χ3v) is 4.48. The van der Waals surface area contributed by atoms with Gasteiger partial charge in [-0.15, -0.1) is 0 Å². The average molecular weight is 397 g/mol. The Morgan fingerprint density at radius 2 is 1.88 bits per heavy atom. The van der Waals surface area contributed by atoms with Crippen molar-refractivity contribution in [3.8, 4) is 0 Å². The minimum absolute atomic E-state index is 0.117. The zero-order valence-corrected chi connectivity index (χ0v) is 14.9. The van der Waals surface area contributed by atoms with Gasteiger partial charge in [-0.25, -0.2) is 9.37 Å². The quantitative estimate of drug-likeness (QED) is 0.721. The number of nitrogens with zero attached hydrogens (tertiary/aromatic N) is 1. The van der Waals surface area contributed by atoms with Crippen LogP contribution in [0, 0.1) is 5.92 Å². The van der Waals surface area contributed by atoms with Crippen molar-refractivity contribution < 1.29 is 14.0 Å². The van der Waals surface area contributed by atoms with E-state index >= 15 is 0 Å². The first-order valence-corrected chi connectivity index (χ1v) is 8.55. The number of benzene rings is 1. The molecule has 1 aliphatic carbocycles. The lowest BCUT2D eigenvalue weighted by Gasteiger charge is -2.11. The topological polar surface area (TPSA) is 97.1 Å². The third-order valence-electron chi connectivity index (χ3n) is 3.88. The molecule has 0 aliphatic heterocycles. The largest absolute Gasteiger partial charge is 0.326 e. The summed E-state index contributed by atoms with van der Waals surface area (Å²) in [4.78, 5) is 28.2. The van der Waals surface area contributed by atoms with E-state index in [0.29, 0.717) is 11.3 Å². The highest BCUT2D eigenvalue weighted by molar-refractivity contribution is 6.40. The minimum atomic E-state index is -1.10. The zero-order valence-electron chi connectivity index (χ0n) is 13.4. The van der Waals surface area contributed by atoms with Gasteiger partial charge in [0.25, 0.3) is 5.91 Å². The molecular weight excluding hydrogens is 382 g/mol. The van der Waals surface area contributed by atoms with Crippen molar-refractivity contribution in [2.24, 2.45) is 11.7 Å². The first-order chi connectivity index (χ1) is 12.4. The maximum absolute atomic E-state index is 12.9. The number of carbonyl (C=O) groups excluding carboxylic acids is 2. The Morgan fingerprint density at radius 3 is 2.46 bits per heavy atom. The van der Waals surface area contributed by atoms with E-state index < -0.39 is 23.9 Å². The van der Waals surface area contributed by atoms with E-state index in [2.05, 4.69) is 15.6 Å². The summed E-state index contributed by atoms with van der Waals surface area (Å²) in [6.45, 7) is 0.246. The molecule has 9 heteroatoms. The second-order valence-corrected chi connectivity index (χ2v) is 6.68. The van der Waals surface area contributed by atoms with Crippen molar-refractivity contribution >= 4 is 46.5 Å². The van der Waals surface area contributed by atoms with E-state index in [9.17, 15) is 14.0 Å². The predicted molar refractivity (Wildman–Crippen MR) is 98.2 cm³/mol. The highest BCUT2D eigenvalue weighted by Gasteiger charge is 2.43. The molecule has 1 saturated carbocycles. The standard InChI is InChI=1S/C17H15Cl2FN4O2/c18-11-3-8(7-21)4-12(19)15(11)17(26)23-9-1-2-22-14(5-9)24-16(25)10-6-13(10)20/h1-5,10,13H,6-7,21H2,(H2,22,23,24,25,26)/t10-,13+/m1/s1. The second kappa shape index (κ2) is 7.57. The number of nitrogens with two attached hydrogens (primary N) is 1. The van der Waals surface area contributed by atoms with E-state index in [1.807, 2.05) is 0 Å². The van der Waals surface area contributed by atoms with Crippen LogP contribution in [0.4, 0.5) is 15.9 Å². The highest BCUT2D eigenvalue weighted by atomic mass is 35.5. The maximum Gasteiger partial charge on any atom is 0.258 e. The molecule has 0 radical (unpaired) electrons. The van der Waals surface area contributed by atoms with Crippen LogP contribution < -0.4 is 16.4 Å². The number of halogens is 3. The van der Waals surface area contributed by atoms with Crippen LogP contribution in [0.5, 0.6) is 0 Å². The fourth-order valence-electron chi connectivity index (χ4n) is 2.38. The zero-order chi connectivity index (χ0) is 18.8. The average Bonchev–Trinajstić information content (AvgIpc) is 3.31. The number of amides is 2. The monoisotopic (exact) mass is 396 g/mol. The molecule has 0 bridgehead atoms. The van der Waals surface area contributed by atoms with Gasteiger partial charge in [0.2, 0.25) is 5.91 Å². The van der Waals surface area contributed by atoms with Crippen LogP contribution in [-0.4, -0.2) is 23.0 Å². The number of anilines is 2. The van der Waals surface area contributed by atoms with Crippen molar-refractivity contribution in [1.82, 2.24) is 4.98 Å². The molecule has 2 atom stereocenters. The summed E-state index contributed by atoms with van der Waals surface area (Å²) in [6.07, 6.45) is 0.530. The van der Waals surface area contributed by atoms with Gasteiger partial charge in [-0.2, -0.15) is 0 Å². The van der Waals surface area contributed by atoms with Crippen molar-refractivity contribution in [2.45, 2.75) is 19.1 Å². The number of rotatable bonds is 5. The second-order valence-electron chi connectivity index (χ2n) is 5.87. The summed E-state index contributed by atoms with van der Waals surface area (Å²) >= 11 is 12.2. The van der Waals surface area contributed by atoms with Gasteiger partial charge >= 0.3 is 0 Å². The molecule has 0 unspecified atom stereocenters. The lowest BCUT2D eigenvalue weighted by molar-refractivity contribution is -0.117. The van der Waals surface area contributed by atoms with Gasteiger partial charge in [0.15, 0.2) is 0 Å². The lowest BCUT2D eigenvalue weighted by atomic mass is 10.1. The van der Waals surface area contributed by atoms with Gasteiger partial charge in [-0.05, 0) is 30.2 Å². The molecule has 1 aromatic carbocycles. The van der Waals surface area contributed by atoms with Gasteiger partial charge in [-0.1, -0.05) is 23.2 Å². The molecule has 2 amide bonds. The predicted octanol–water partition coefficient (Wildman–Crippen LogP) is 3.40. The van der Waals surface area contributed by atoms with Crippen LogP contribution in [0.3, 0.4) is 0 Å². The fraction of sp³-hybridized carbons (Fsp3) is 0.235. The number of hydrogen-bond donors (Lipinski definition) is 3. The molecule has 26 heavy (non-hydrogen) atoms. The molecule has 4 N–H and O–H groups in total. The minimum Gasteiger partial charge on any atom is -0.326 e. The van der Waals surface area contributed by atoms with Crippen LogP contribution in [0.1, 0.15) is 22.3 Å². The molecule has 1 fully saturated rings. The first kappa shape index (κ1) is 18.6. The Kier molecular flexibility index (Phi) is 5.41. The number of pyridine rings is 1. The molecule has 6 nitrogen and oxygen atoms in total. The summed E-state index contributed by atoms with van der Waals surface area (Å²) < 4.78 is 12.9. The van der Waals surface area contributed by atoms with Crippen LogP contribution >= 0.6 is 23.2 Å². The molecule has 1 heterocycles. The summed E-state index contributed by atoms with van der Waals surface area (Å²) in [7, 11) is 0. The van der Waals surface area contributed by atoms with Gasteiger partial charge in [0, 0.05) is 24.5 Å². The van der Waals surface area contributed by atoms with E-state index in [1.165, 1.54) is 12.3 Å². The molecule has 0 saturated heterocycles. The van der Waals surface area contributed by atoms with Gasteiger partial charge < -0.3 is 16.4 Å². The third kappa shape index (κ3) is 4.12. The van der Waals surface area contributed by atoms with Crippen LogP contribution in [0.25, 0.3) is 0 Å². The summed E-state index contributed by atoms with van der Waals surface area (Å²) in [6, 6.07) is 6.15. The van der Waals surface area contributed by atoms with Crippen molar-refractivity contribution in [2.75, 3.05) is 10.6 Å². The molecule has 1 aliphatic rings. The van der Waals surface area contributed by atoms with Crippen LogP contribution in [0.2, 0.25) is 10.0 Å². The Labute approximate surface area is 158 Å². The number of alkyl halides is 1. The number of carbonyl (C=O) groups is 2. The summed E-state index contributed by atoms with van der Waals surface area (Å²) in [5.41, 5.74) is 6.75. The molecule has 2 aromatic rings. The number of nitrogens with one attached hydrogen (secondary N) is 2. The molecular formula is C17H15Cl2FN4O2. The van der Waals surface area contributed by atoms with Gasteiger partial charge in [-0.3, -0.25) is 9.59 Å². The Bertz CT molecular complexity index is 855. The summed E-state index contributed by atoms with van der Waals surface area (Å²) in [5, 5.41) is 5.52. The van der Waals surface area contributed by atoms with Crippen molar-refractivity contribution in [3.05, 3.63) is 51.6 Å². The lowest BCUT2D eigenvalue weighted by Crippen LogP contribution is -2.17. The maximum atomic E-state index is 12.9. The smallest absolute Gasteiger partial charge is 0.258 e. The van der Waals surface area contributed by atoms with Crippen molar-refractivity contribution in [3.63, 3.8) is 0 Å². The Morgan fingerprint density at radius 1 is 1.23 bits per heavy atom. The van der Waals surface area contributed by atoms with Crippen LogP contribution in [0.15, 0.2) is 30.5 Å². The van der Waals surface area contributed by atoms with Gasteiger partial charge in [0.1, 0.15) is 12.0 Å². The van der Waals surface area contributed by atoms with Gasteiger partial charge in [0.05, 0.1) is 21.5 Å². The first-order valence-electron chi connectivity index (χ1n) is 7.79. The van der Waals surface area contributed by atoms with E-state index in [4.69, 9.17) is 28.9 Å². The molecule has 136 valence electrons. The van der Waals surface area contributed by atoms with Crippen molar-refractivity contribution in [1.29, 1.82) is 0 Å². The van der Waals surface area contributed by atoms with E-state index in [0.717, 1.165) is 0 Å². The normalized spacial score (nSPS) is 18.3. The molecule has 3 rings (SSSR count). The summed E-state index contributed by atoms with van der Waals surface area (Å²) in [5.74, 6) is -1.37. The highest BCUT2D eigenvalue weighted by Crippen LogP contribution is 2.34. The Hall–Kier alpha value is -2.22. The molecule has 0 spiro atoms.